The second-order valence-corrected chi connectivity index (χ2v) is 5.67. The van der Waals surface area contributed by atoms with Gasteiger partial charge in [-0.15, -0.1) is 11.3 Å². The number of hydrogen-bond donors (Lipinski definition) is 1. The molecular weight excluding hydrogens is 242 g/mol. The van der Waals surface area contributed by atoms with E-state index in [0.29, 0.717) is 0 Å². The smallest absolute Gasteiger partial charge is 0.123 e. The Bertz CT molecular complexity index is 547. The topological polar surface area (TPSA) is 33.1 Å². The van der Waals surface area contributed by atoms with Crippen LogP contribution in [0.1, 0.15) is 29.7 Å². The van der Waals surface area contributed by atoms with E-state index in [-0.39, 0.29) is 6.61 Å². The number of aryl methyl sites for hydroxylation is 3. The van der Waals surface area contributed by atoms with E-state index in [1.807, 2.05) is 0 Å². The van der Waals surface area contributed by atoms with Gasteiger partial charge in [0.2, 0.25) is 0 Å². The summed E-state index contributed by atoms with van der Waals surface area (Å²) >= 11 is 1.71. The third-order valence-corrected chi connectivity index (χ3v) is 4.43. The number of rotatable bonds is 4. The average molecular weight is 259 g/mol. The van der Waals surface area contributed by atoms with Crippen molar-refractivity contribution in [1.29, 1.82) is 0 Å². The van der Waals surface area contributed by atoms with E-state index >= 15 is 0 Å². The molecular formula is C15H17NOS. The molecule has 3 rings (SSSR count). The molecule has 0 fully saturated rings. The zero-order valence-corrected chi connectivity index (χ0v) is 11.2. The summed E-state index contributed by atoms with van der Waals surface area (Å²) in [7, 11) is 0. The van der Waals surface area contributed by atoms with Crippen molar-refractivity contribution < 1.29 is 5.11 Å². The zero-order valence-electron chi connectivity index (χ0n) is 10.4. The molecule has 1 aromatic heterocycles. The molecule has 2 nitrogen and oxygen atoms in total. The van der Waals surface area contributed by atoms with Gasteiger partial charge in [0.05, 0.1) is 5.69 Å². The number of fused-ring (bicyclic) bond motifs is 1. The fraction of sp³-hybridized carbons (Fsp3) is 0.400. The van der Waals surface area contributed by atoms with E-state index < -0.39 is 0 Å². The van der Waals surface area contributed by atoms with E-state index in [1.165, 1.54) is 36.0 Å². The highest BCUT2D eigenvalue weighted by molar-refractivity contribution is 7.13. The Kier molecular flexibility index (Phi) is 3.43. The lowest BCUT2D eigenvalue weighted by Crippen LogP contribution is -1.90. The Morgan fingerprint density at radius 3 is 3.00 bits per heavy atom. The molecule has 0 bridgehead atoms. The van der Waals surface area contributed by atoms with Crippen LogP contribution >= 0.6 is 11.3 Å². The molecule has 1 heterocycles. The van der Waals surface area contributed by atoms with Gasteiger partial charge in [0.1, 0.15) is 5.01 Å². The largest absolute Gasteiger partial charge is 0.396 e. The maximum atomic E-state index is 8.83. The van der Waals surface area contributed by atoms with Crippen molar-refractivity contribution in [2.45, 2.75) is 32.1 Å². The van der Waals surface area contributed by atoms with E-state index in [4.69, 9.17) is 5.11 Å². The number of aliphatic hydroxyl groups excluding tert-OH is 1. The molecule has 18 heavy (non-hydrogen) atoms. The highest BCUT2D eigenvalue weighted by atomic mass is 32.1. The van der Waals surface area contributed by atoms with Crippen LogP contribution in [0.5, 0.6) is 0 Å². The highest BCUT2D eigenvalue weighted by Gasteiger charge is 2.12. The van der Waals surface area contributed by atoms with Crippen LogP contribution in [0.3, 0.4) is 0 Å². The second kappa shape index (κ2) is 5.21. The first-order valence-corrected chi connectivity index (χ1v) is 7.42. The summed E-state index contributed by atoms with van der Waals surface area (Å²) in [6, 6.07) is 6.75. The molecule has 0 atom stereocenters. The van der Waals surface area contributed by atoms with Gasteiger partial charge in [0, 0.05) is 17.6 Å². The molecule has 94 valence electrons. The maximum Gasteiger partial charge on any atom is 0.123 e. The van der Waals surface area contributed by atoms with Crippen LogP contribution in [0.15, 0.2) is 23.6 Å². The van der Waals surface area contributed by atoms with Gasteiger partial charge in [0.15, 0.2) is 0 Å². The van der Waals surface area contributed by atoms with E-state index in [1.54, 1.807) is 11.3 Å². The van der Waals surface area contributed by atoms with Crippen LogP contribution in [-0.4, -0.2) is 16.7 Å². The summed E-state index contributed by atoms with van der Waals surface area (Å²) < 4.78 is 0. The Morgan fingerprint density at radius 1 is 1.22 bits per heavy atom. The van der Waals surface area contributed by atoms with Gasteiger partial charge in [0.25, 0.3) is 0 Å². The second-order valence-electron chi connectivity index (χ2n) is 4.81. The van der Waals surface area contributed by atoms with Gasteiger partial charge in [-0.2, -0.15) is 0 Å². The van der Waals surface area contributed by atoms with Gasteiger partial charge in [-0.3, -0.25) is 0 Å². The monoisotopic (exact) mass is 259 g/mol. The molecule has 1 aliphatic carbocycles. The molecule has 0 spiro atoms. The third kappa shape index (κ3) is 2.33. The highest BCUT2D eigenvalue weighted by Crippen LogP contribution is 2.30. The molecule has 0 radical (unpaired) electrons. The van der Waals surface area contributed by atoms with Crippen LogP contribution in [0, 0.1) is 0 Å². The first kappa shape index (κ1) is 11.9. The van der Waals surface area contributed by atoms with E-state index in [2.05, 4.69) is 28.6 Å². The predicted octanol–water partition coefficient (Wildman–Crippen LogP) is 3.22. The molecule has 2 aromatic rings. The Labute approximate surface area is 111 Å². The molecule has 1 N–H and O–H groups in total. The third-order valence-electron chi connectivity index (χ3n) is 3.49. The Balaban J connectivity index is 1.83. The van der Waals surface area contributed by atoms with Crippen molar-refractivity contribution in [2.75, 3.05) is 6.61 Å². The molecule has 0 aliphatic heterocycles. The molecule has 1 aromatic carbocycles. The van der Waals surface area contributed by atoms with Gasteiger partial charge >= 0.3 is 0 Å². The average Bonchev–Trinajstić information content (AvgIpc) is 3.04. The van der Waals surface area contributed by atoms with Gasteiger partial charge in [-0.05, 0) is 49.3 Å². The fourth-order valence-electron chi connectivity index (χ4n) is 2.52. The lowest BCUT2D eigenvalue weighted by atomic mass is 10.1. The minimum Gasteiger partial charge on any atom is -0.396 e. The standard InChI is InChI=1S/C15H17NOS/c17-8-2-5-14-10-18-15(16-14)13-7-6-11-3-1-4-12(11)9-13/h6-7,9-10,17H,1-5,8H2. The zero-order chi connectivity index (χ0) is 12.4. The quantitative estimate of drug-likeness (QED) is 0.914. The number of thiazole rings is 1. The SMILES string of the molecule is OCCCc1csc(-c2ccc3c(c2)CCC3)n1. The molecule has 0 amide bonds. The number of aliphatic hydroxyl groups is 1. The van der Waals surface area contributed by atoms with Crippen LogP contribution < -0.4 is 0 Å². The van der Waals surface area contributed by atoms with Crippen molar-refractivity contribution in [2.24, 2.45) is 0 Å². The van der Waals surface area contributed by atoms with Crippen LogP contribution in [-0.2, 0) is 19.3 Å². The predicted molar refractivity (Wildman–Crippen MR) is 75.0 cm³/mol. The molecule has 0 saturated carbocycles. The van der Waals surface area contributed by atoms with E-state index in [9.17, 15) is 0 Å². The summed E-state index contributed by atoms with van der Waals surface area (Å²) in [6.45, 7) is 0.242. The Hall–Kier alpha value is -1.19. The fourth-order valence-corrected chi connectivity index (χ4v) is 3.37. The molecule has 0 unspecified atom stereocenters. The summed E-state index contributed by atoms with van der Waals surface area (Å²) in [6.07, 6.45) is 5.41. The Morgan fingerprint density at radius 2 is 2.11 bits per heavy atom. The minimum atomic E-state index is 0.242. The van der Waals surface area contributed by atoms with Crippen molar-refractivity contribution in [3.8, 4) is 10.6 Å². The van der Waals surface area contributed by atoms with Gasteiger partial charge in [-0.25, -0.2) is 4.98 Å². The van der Waals surface area contributed by atoms with Crippen molar-refractivity contribution in [3.63, 3.8) is 0 Å². The lowest BCUT2D eigenvalue weighted by molar-refractivity contribution is 0.288. The van der Waals surface area contributed by atoms with E-state index in [0.717, 1.165) is 23.5 Å². The van der Waals surface area contributed by atoms with Crippen LogP contribution in [0.4, 0.5) is 0 Å². The van der Waals surface area contributed by atoms with Gasteiger partial charge in [-0.1, -0.05) is 12.1 Å². The van der Waals surface area contributed by atoms with Crippen molar-refractivity contribution in [1.82, 2.24) is 4.98 Å². The molecule has 1 aliphatic rings. The summed E-state index contributed by atoms with van der Waals surface area (Å²) in [5, 5.41) is 12.1. The lowest BCUT2D eigenvalue weighted by Gasteiger charge is -2.01. The number of aromatic nitrogens is 1. The first-order chi connectivity index (χ1) is 8.86. The van der Waals surface area contributed by atoms with Crippen molar-refractivity contribution >= 4 is 11.3 Å². The van der Waals surface area contributed by atoms with Crippen molar-refractivity contribution in [3.05, 3.63) is 40.4 Å². The number of nitrogens with zero attached hydrogens (tertiary/aromatic N) is 1. The summed E-state index contributed by atoms with van der Waals surface area (Å²) in [4.78, 5) is 4.65. The normalized spacial score (nSPS) is 13.8. The summed E-state index contributed by atoms with van der Waals surface area (Å²) in [5.41, 5.74) is 5.36. The minimum absolute atomic E-state index is 0.242. The maximum absolute atomic E-state index is 8.83. The first-order valence-electron chi connectivity index (χ1n) is 6.54. The van der Waals surface area contributed by atoms with Crippen LogP contribution in [0.25, 0.3) is 10.6 Å². The molecule has 0 saturated heterocycles. The van der Waals surface area contributed by atoms with Crippen LogP contribution in [0.2, 0.25) is 0 Å². The summed E-state index contributed by atoms with van der Waals surface area (Å²) in [5.74, 6) is 0. The number of hydrogen-bond acceptors (Lipinski definition) is 3. The van der Waals surface area contributed by atoms with Gasteiger partial charge < -0.3 is 5.11 Å². The molecule has 3 heteroatoms. The number of benzene rings is 1.